The third-order valence-electron chi connectivity index (χ3n) is 5.43. The molecule has 2 aromatic heterocycles. The lowest BCUT2D eigenvalue weighted by molar-refractivity contribution is 0.310. The summed E-state index contributed by atoms with van der Waals surface area (Å²) in [6, 6.07) is 18.4. The molecule has 1 N–H and O–H groups in total. The average Bonchev–Trinajstić information content (AvgIpc) is 3.26. The quantitative estimate of drug-likeness (QED) is 0.335. The molecule has 0 aliphatic heterocycles. The van der Waals surface area contributed by atoms with E-state index in [2.05, 4.69) is 48.5 Å². The number of methoxy groups -OCH3 is 2. The maximum absolute atomic E-state index is 5.36. The highest BCUT2D eigenvalue weighted by atomic mass is 32.1. The molecule has 2 aromatic carbocycles. The van der Waals surface area contributed by atoms with Gasteiger partial charge in [-0.2, -0.15) is 0 Å². The van der Waals surface area contributed by atoms with E-state index < -0.39 is 0 Å². The van der Waals surface area contributed by atoms with E-state index in [0.29, 0.717) is 13.1 Å². The maximum Gasteiger partial charge on any atom is 0.146 e. The van der Waals surface area contributed by atoms with Crippen LogP contribution in [0.4, 0.5) is 5.82 Å². The zero-order chi connectivity index (χ0) is 23.2. The van der Waals surface area contributed by atoms with E-state index in [-0.39, 0.29) is 0 Å². The van der Waals surface area contributed by atoms with Gasteiger partial charge < -0.3 is 14.8 Å². The van der Waals surface area contributed by atoms with E-state index in [1.807, 2.05) is 30.3 Å². The molecule has 0 saturated carbocycles. The molecule has 4 aromatic rings. The molecule has 0 spiro atoms. The molecule has 0 amide bonds. The van der Waals surface area contributed by atoms with Crippen LogP contribution < -0.4 is 14.8 Å². The number of hydrogen-bond acceptors (Lipinski definition) is 7. The number of thiophene rings is 1. The number of rotatable bonds is 10. The molecule has 0 aliphatic rings. The van der Waals surface area contributed by atoms with Crippen LogP contribution in [-0.4, -0.2) is 36.1 Å². The molecular weight excluding hydrogens is 432 g/mol. The molecule has 0 aliphatic carbocycles. The van der Waals surface area contributed by atoms with Crippen molar-refractivity contribution in [3.8, 4) is 11.5 Å². The van der Waals surface area contributed by atoms with Crippen molar-refractivity contribution in [1.82, 2.24) is 14.9 Å². The fraction of sp³-hybridized carbons (Fsp3) is 0.308. The molecule has 0 bridgehead atoms. The number of hydrogen-bond donors (Lipinski definition) is 1. The fourth-order valence-electron chi connectivity index (χ4n) is 3.74. The molecular formula is C26H30N4O2S. The fourth-order valence-corrected chi connectivity index (χ4v) is 4.73. The zero-order valence-electron chi connectivity index (χ0n) is 19.6. The molecule has 7 heteroatoms. The minimum absolute atomic E-state index is 0.653. The van der Waals surface area contributed by atoms with Crippen LogP contribution in [0.15, 0.2) is 54.6 Å². The van der Waals surface area contributed by atoms with Crippen molar-refractivity contribution in [3.63, 3.8) is 0 Å². The Morgan fingerprint density at radius 2 is 1.61 bits per heavy atom. The summed E-state index contributed by atoms with van der Waals surface area (Å²) in [7, 11) is 5.46. The van der Waals surface area contributed by atoms with E-state index in [1.165, 1.54) is 10.4 Å². The van der Waals surface area contributed by atoms with E-state index >= 15 is 0 Å². The molecule has 0 saturated heterocycles. The number of aromatic nitrogens is 2. The molecule has 0 fully saturated rings. The van der Waals surface area contributed by atoms with Crippen molar-refractivity contribution in [3.05, 3.63) is 76.4 Å². The summed E-state index contributed by atoms with van der Waals surface area (Å²) in [6.07, 6.45) is 0.988. The number of nitrogens with one attached hydrogen (secondary N) is 1. The largest absolute Gasteiger partial charge is 0.497 e. The highest BCUT2D eigenvalue weighted by molar-refractivity contribution is 7.18. The topological polar surface area (TPSA) is 59.5 Å². The number of ether oxygens (including phenoxy) is 2. The Morgan fingerprint density at radius 1 is 0.909 bits per heavy atom. The number of aryl methyl sites for hydroxylation is 1. The van der Waals surface area contributed by atoms with Crippen molar-refractivity contribution in [2.24, 2.45) is 0 Å². The lowest BCUT2D eigenvalue weighted by Crippen LogP contribution is -2.19. The van der Waals surface area contributed by atoms with Crippen LogP contribution in [0, 0.1) is 0 Å². The van der Waals surface area contributed by atoms with Gasteiger partial charge in [0.15, 0.2) is 0 Å². The van der Waals surface area contributed by atoms with Crippen molar-refractivity contribution in [2.75, 3.05) is 26.6 Å². The standard InChI is InChI=1S/C26H30N4O2S/c1-5-22-14-23-25(27-15-18-8-6-10-20(12-18)31-3)28-24(29-26(23)33-22)17-30(2)16-19-9-7-11-21(13-19)32-4/h6-14H,5,15-17H2,1-4H3,(H,27,28,29). The molecule has 2 heterocycles. The van der Waals surface area contributed by atoms with Gasteiger partial charge in [-0.3, -0.25) is 4.90 Å². The molecule has 4 rings (SSSR count). The first-order chi connectivity index (χ1) is 16.1. The minimum Gasteiger partial charge on any atom is -0.497 e. The first-order valence-corrected chi connectivity index (χ1v) is 11.9. The normalized spacial score (nSPS) is 11.2. The number of benzene rings is 2. The zero-order valence-corrected chi connectivity index (χ0v) is 20.4. The van der Waals surface area contributed by atoms with Gasteiger partial charge in [-0.1, -0.05) is 31.2 Å². The Balaban J connectivity index is 1.55. The van der Waals surface area contributed by atoms with Crippen LogP contribution in [0.2, 0.25) is 0 Å². The first-order valence-electron chi connectivity index (χ1n) is 11.1. The Labute approximate surface area is 199 Å². The van der Waals surface area contributed by atoms with Gasteiger partial charge in [0.05, 0.1) is 26.2 Å². The van der Waals surface area contributed by atoms with Crippen molar-refractivity contribution < 1.29 is 9.47 Å². The molecule has 0 unspecified atom stereocenters. The second kappa shape index (κ2) is 10.6. The summed E-state index contributed by atoms with van der Waals surface area (Å²) >= 11 is 1.74. The van der Waals surface area contributed by atoms with Crippen LogP contribution in [-0.2, 0) is 26.1 Å². The summed E-state index contributed by atoms with van der Waals surface area (Å²) in [6.45, 7) is 4.28. The van der Waals surface area contributed by atoms with Gasteiger partial charge in [-0.15, -0.1) is 11.3 Å². The van der Waals surface area contributed by atoms with Gasteiger partial charge >= 0.3 is 0 Å². The predicted molar refractivity (Wildman–Crippen MR) is 135 cm³/mol. The van der Waals surface area contributed by atoms with E-state index in [0.717, 1.165) is 51.9 Å². The van der Waals surface area contributed by atoms with E-state index in [9.17, 15) is 0 Å². The van der Waals surface area contributed by atoms with Gasteiger partial charge in [0, 0.05) is 18.0 Å². The van der Waals surface area contributed by atoms with Crippen LogP contribution in [0.3, 0.4) is 0 Å². The number of nitrogens with zero attached hydrogens (tertiary/aromatic N) is 3. The third kappa shape index (κ3) is 5.80. The van der Waals surface area contributed by atoms with Crippen LogP contribution in [0.5, 0.6) is 11.5 Å². The van der Waals surface area contributed by atoms with Crippen molar-refractivity contribution in [1.29, 1.82) is 0 Å². The summed E-state index contributed by atoms with van der Waals surface area (Å²) in [5.74, 6) is 3.41. The Kier molecular flexibility index (Phi) is 7.42. The Hall–Kier alpha value is -3.16. The monoisotopic (exact) mass is 462 g/mol. The Bertz CT molecular complexity index is 1220. The number of fused-ring (bicyclic) bond motifs is 1. The highest BCUT2D eigenvalue weighted by Crippen LogP contribution is 2.30. The molecule has 33 heavy (non-hydrogen) atoms. The van der Waals surface area contributed by atoms with Crippen molar-refractivity contribution >= 4 is 27.4 Å². The summed E-state index contributed by atoms with van der Waals surface area (Å²) in [5, 5.41) is 4.62. The average molecular weight is 463 g/mol. The van der Waals surface area contributed by atoms with Crippen LogP contribution in [0.1, 0.15) is 28.8 Å². The van der Waals surface area contributed by atoms with Gasteiger partial charge in [0.25, 0.3) is 0 Å². The van der Waals surface area contributed by atoms with Gasteiger partial charge in [0.1, 0.15) is 28.0 Å². The number of anilines is 1. The summed E-state index contributed by atoms with van der Waals surface area (Å²) in [5.41, 5.74) is 2.34. The van der Waals surface area contributed by atoms with Crippen LogP contribution in [0.25, 0.3) is 10.2 Å². The molecule has 0 radical (unpaired) electrons. The summed E-state index contributed by atoms with van der Waals surface area (Å²) < 4.78 is 10.7. The maximum atomic E-state index is 5.36. The third-order valence-corrected chi connectivity index (χ3v) is 6.60. The van der Waals surface area contributed by atoms with Gasteiger partial charge in [-0.25, -0.2) is 9.97 Å². The molecule has 172 valence electrons. The SMILES string of the molecule is CCc1cc2c(NCc3cccc(OC)c3)nc(CN(C)Cc3cccc(OC)c3)nc2s1. The molecule has 0 atom stereocenters. The second-order valence-corrected chi connectivity index (χ2v) is 9.12. The Morgan fingerprint density at radius 3 is 2.30 bits per heavy atom. The van der Waals surface area contributed by atoms with Crippen molar-refractivity contribution in [2.45, 2.75) is 33.0 Å². The minimum atomic E-state index is 0.653. The van der Waals surface area contributed by atoms with Crippen LogP contribution >= 0.6 is 11.3 Å². The lowest BCUT2D eigenvalue weighted by atomic mass is 10.2. The van der Waals surface area contributed by atoms with E-state index in [4.69, 9.17) is 19.4 Å². The highest BCUT2D eigenvalue weighted by Gasteiger charge is 2.13. The first kappa shape index (κ1) is 23.0. The predicted octanol–water partition coefficient (Wildman–Crippen LogP) is 5.52. The smallest absolute Gasteiger partial charge is 0.146 e. The second-order valence-electron chi connectivity index (χ2n) is 8.00. The molecule has 6 nitrogen and oxygen atoms in total. The lowest BCUT2D eigenvalue weighted by Gasteiger charge is -2.17. The summed E-state index contributed by atoms with van der Waals surface area (Å²) in [4.78, 5) is 14.3. The van der Waals surface area contributed by atoms with Gasteiger partial charge in [-0.05, 0) is 54.9 Å². The van der Waals surface area contributed by atoms with E-state index in [1.54, 1.807) is 25.6 Å². The van der Waals surface area contributed by atoms with Gasteiger partial charge in [0.2, 0.25) is 0 Å².